The molecule has 0 aliphatic carbocycles. The number of pyridine rings is 1. The van der Waals surface area contributed by atoms with Gasteiger partial charge in [-0.25, -0.2) is 4.39 Å². The summed E-state index contributed by atoms with van der Waals surface area (Å²) in [5.74, 6) is -0.687. The highest BCUT2D eigenvalue weighted by molar-refractivity contribution is 6.11. The van der Waals surface area contributed by atoms with Crippen molar-refractivity contribution in [2.75, 3.05) is 4.90 Å². The standard InChI is InChI=1S/C16H15FN2O2/c1-16(2)14-4-3-11(17)6-13(14)15(21)19(16)12-5-10(9-20)7-18-8-12/h3-8,20H,9H2,1-2H3. The number of amides is 1. The summed E-state index contributed by atoms with van der Waals surface area (Å²) in [6, 6.07) is 5.99. The van der Waals surface area contributed by atoms with Crippen molar-refractivity contribution in [3.8, 4) is 0 Å². The van der Waals surface area contributed by atoms with Gasteiger partial charge in [0.25, 0.3) is 5.91 Å². The molecule has 0 unspecified atom stereocenters. The minimum atomic E-state index is -0.601. The van der Waals surface area contributed by atoms with Crippen LogP contribution in [0.4, 0.5) is 10.1 Å². The molecule has 21 heavy (non-hydrogen) atoms. The van der Waals surface area contributed by atoms with Gasteiger partial charge in [0.1, 0.15) is 5.82 Å². The fourth-order valence-electron chi connectivity index (χ4n) is 2.84. The van der Waals surface area contributed by atoms with Crippen LogP contribution in [0.2, 0.25) is 0 Å². The molecule has 0 atom stereocenters. The van der Waals surface area contributed by atoms with E-state index in [0.29, 0.717) is 16.8 Å². The number of aromatic nitrogens is 1. The Morgan fingerprint density at radius 1 is 1.29 bits per heavy atom. The molecule has 1 aliphatic rings. The van der Waals surface area contributed by atoms with E-state index in [1.807, 2.05) is 13.8 Å². The van der Waals surface area contributed by atoms with Gasteiger partial charge in [-0.1, -0.05) is 6.07 Å². The molecule has 2 heterocycles. The zero-order valence-electron chi connectivity index (χ0n) is 11.8. The fourth-order valence-corrected chi connectivity index (χ4v) is 2.84. The van der Waals surface area contributed by atoms with Gasteiger partial charge in [0.2, 0.25) is 0 Å². The Bertz CT molecular complexity index is 728. The minimum absolute atomic E-state index is 0.148. The minimum Gasteiger partial charge on any atom is -0.392 e. The predicted octanol–water partition coefficient (Wildman–Crippen LogP) is 2.61. The van der Waals surface area contributed by atoms with Crippen LogP contribution < -0.4 is 4.90 Å². The first-order chi connectivity index (χ1) is 9.95. The van der Waals surface area contributed by atoms with E-state index in [9.17, 15) is 14.3 Å². The number of hydrogen-bond acceptors (Lipinski definition) is 3. The zero-order valence-corrected chi connectivity index (χ0v) is 11.8. The second kappa shape index (κ2) is 4.63. The third kappa shape index (κ3) is 2.01. The molecule has 1 amide bonds. The Morgan fingerprint density at radius 3 is 2.76 bits per heavy atom. The van der Waals surface area contributed by atoms with Gasteiger partial charge in [0, 0.05) is 11.8 Å². The van der Waals surface area contributed by atoms with Crippen molar-refractivity contribution in [1.29, 1.82) is 0 Å². The van der Waals surface area contributed by atoms with Crippen molar-refractivity contribution in [3.05, 3.63) is 59.2 Å². The zero-order chi connectivity index (χ0) is 15.2. The van der Waals surface area contributed by atoms with Crippen LogP contribution in [0.5, 0.6) is 0 Å². The molecule has 3 rings (SSSR count). The van der Waals surface area contributed by atoms with Gasteiger partial charge in [0.05, 0.1) is 24.0 Å². The number of benzene rings is 1. The fraction of sp³-hybridized carbons (Fsp3) is 0.250. The van der Waals surface area contributed by atoms with Crippen LogP contribution >= 0.6 is 0 Å². The molecule has 0 spiro atoms. The van der Waals surface area contributed by atoms with Crippen LogP contribution in [-0.4, -0.2) is 16.0 Å². The Labute approximate surface area is 121 Å². The molecule has 108 valence electrons. The summed E-state index contributed by atoms with van der Waals surface area (Å²) in [5, 5.41) is 9.22. The average molecular weight is 286 g/mol. The van der Waals surface area contributed by atoms with Crippen molar-refractivity contribution in [2.24, 2.45) is 0 Å². The molecule has 4 nitrogen and oxygen atoms in total. The number of hydrogen-bond donors (Lipinski definition) is 1. The molecule has 0 saturated heterocycles. The lowest BCUT2D eigenvalue weighted by atomic mass is 9.93. The maximum atomic E-state index is 13.4. The first-order valence-corrected chi connectivity index (χ1v) is 6.64. The van der Waals surface area contributed by atoms with Gasteiger partial charge in [-0.15, -0.1) is 0 Å². The van der Waals surface area contributed by atoms with Gasteiger partial charge in [-0.2, -0.15) is 0 Å². The Kier molecular flexibility index (Phi) is 3.02. The first kappa shape index (κ1) is 13.7. The van der Waals surface area contributed by atoms with Crippen LogP contribution in [0.3, 0.4) is 0 Å². The first-order valence-electron chi connectivity index (χ1n) is 6.64. The van der Waals surface area contributed by atoms with Crippen molar-refractivity contribution in [1.82, 2.24) is 4.98 Å². The third-order valence-electron chi connectivity index (χ3n) is 3.85. The lowest BCUT2D eigenvalue weighted by molar-refractivity contribution is 0.0981. The summed E-state index contributed by atoms with van der Waals surface area (Å²) >= 11 is 0. The maximum absolute atomic E-state index is 13.4. The Hall–Kier alpha value is -2.27. The largest absolute Gasteiger partial charge is 0.392 e. The molecule has 0 fully saturated rings. The molecule has 1 aromatic carbocycles. The summed E-state index contributed by atoms with van der Waals surface area (Å²) in [5.41, 5.74) is 1.76. The number of carbonyl (C=O) groups excluding carboxylic acids is 1. The number of aliphatic hydroxyl groups is 1. The molecule has 1 aliphatic heterocycles. The van der Waals surface area contributed by atoms with E-state index < -0.39 is 11.4 Å². The van der Waals surface area contributed by atoms with E-state index >= 15 is 0 Å². The molecular weight excluding hydrogens is 271 g/mol. The van der Waals surface area contributed by atoms with E-state index in [0.717, 1.165) is 5.56 Å². The average Bonchev–Trinajstić information content (AvgIpc) is 2.65. The van der Waals surface area contributed by atoms with Crippen LogP contribution in [0, 0.1) is 5.82 Å². The number of nitrogens with zero attached hydrogens (tertiary/aromatic N) is 2. The van der Waals surface area contributed by atoms with E-state index in [1.54, 1.807) is 29.4 Å². The molecular formula is C16H15FN2O2. The van der Waals surface area contributed by atoms with Crippen molar-refractivity contribution < 1.29 is 14.3 Å². The maximum Gasteiger partial charge on any atom is 0.259 e. The monoisotopic (exact) mass is 286 g/mol. The van der Waals surface area contributed by atoms with E-state index in [1.165, 1.54) is 12.1 Å². The molecule has 1 aromatic heterocycles. The molecule has 2 aromatic rings. The summed E-state index contributed by atoms with van der Waals surface area (Å²) < 4.78 is 13.4. The SMILES string of the molecule is CC1(C)c2ccc(F)cc2C(=O)N1c1cncc(CO)c1. The highest BCUT2D eigenvalue weighted by Crippen LogP contribution is 2.41. The van der Waals surface area contributed by atoms with Gasteiger partial charge in [0.15, 0.2) is 0 Å². The van der Waals surface area contributed by atoms with Gasteiger partial charge in [-0.05, 0) is 43.2 Å². The summed E-state index contributed by atoms with van der Waals surface area (Å²) in [6.07, 6.45) is 3.12. The number of aliphatic hydroxyl groups excluding tert-OH is 1. The molecule has 0 bridgehead atoms. The van der Waals surface area contributed by atoms with Crippen LogP contribution in [0.1, 0.15) is 35.3 Å². The van der Waals surface area contributed by atoms with Gasteiger partial charge < -0.3 is 5.11 Å². The van der Waals surface area contributed by atoms with Crippen LogP contribution in [0.25, 0.3) is 0 Å². The number of rotatable bonds is 2. The topological polar surface area (TPSA) is 53.4 Å². The second-order valence-electron chi connectivity index (χ2n) is 5.60. The van der Waals surface area contributed by atoms with Gasteiger partial charge in [-0.3, -0.25) is 14.7 Å². The number of halogens is 1. The second-order valence-corrected chi connectivity index (χ2v) is 5.60. The molecule has 0 saturated carbocycles. The van der Waals surface area contributed by atoms with E-state index in [-0.39, 0.29) is 12.5 Å². The molecule has 5 heteroatoms. The summed E-state index contributed by atoms with van der Waals surface area (Å²) in [7, 11) is 0. The lowest BCUT2D eigenvalue weighted by Crippen LogP contribution is -2.39. The van der Waals surface area contributed by atoms with Crippen molar-refractivity contribution in [3.63, 3.8) is 0 Å². The highest BCUT2D eigenvalue weighted by Gasteiger charge is 2.44. The third-order valence-corrected chi connectivity index (χ3v) is 3.85. The van der Waals surface area contributed by atoms with E-state index in [4.69, 9.17) is 0 Å². The summed E-state index contributed by atoms with van der Waals surface area (Å²) in [6.45, 7) is 3.66. The predicted molar refractivity (Wildman–Crippen MR) is 76.4 cm³/mol. The number of anilines is 1. The Morgan fingerprint density at radius 2 is 2.05 bits per heavy atom. The van der Waals surface area contributed by atoms with Crippen molar-refractivity contribution in [2.45, 2.75) is 26.0 Å². The quantitative estimate of drug-likeness (QED) is 0.923. The normalized spacial score (nSPS) is 16.2. The number of fused-ring (bicyclic) bond motifs is 1. The summed E-state index contributed by atoms with van der Waals surface area (Å²) in [4.78, 5) is 18.3. The van der Waals surface area contributed by atoms with Crippen LogP contribution in [0.15, 0.2) is 36.7 Å². The van der Waals surface area contributed by atoms with E-state index in [2.05, 4.69) is 4.98 Å². The van der Waals surface area contributed by atoms with Crippen molar-refractivity contribution >= 4 is 11.6 Å². The highest BCUT2D eigenvalue weighted by atomic mass is 19.1. The lowest BCUT2D eigenvalue weighted by Gasteiger charge is -2.32. The number of carbonyl (C=O) groups is 1. The molecule has 0 radical (unpaired) electrons. The van der Waals surface area contributed by atoms with Crippen LogP contribution in [-0.2, 0) is 12.1 Å². The van der Waals surface area contributed by atoms with Gasteiger partial charge >= 0.3 is 0 Å². The Balaban J connectivity index is 2.14. The molecule has 1 N–H and O–H groups in total. The smallest absolute Gasteiger partial charge is 0.259 e.